The van der Waals surface area contributed by atoms with E-state index in [-0.39, 0.29) is 19.8 Å². The summed E-state index contributed by atoms with van der Waals surface area (Å²) in [5.74, 6) is 1.33. The number of rotatable bonds is 15. The second-order valence-corrected chi connectivity index (χ2v) is 14.1. The van der Waals surface area contributed by atoms with Crippen LogP contribution in [0.15, 0.2) is 0 Å². The van der Waals surface area contributed by atoms with E-state index in [1.54, 1.807) is 0 Å². The van der Waals surface area contributed by atoms with Gasteiger partial charge in [-0.05, 0) is 75.5 Å². The Bertz CT molecular complexity index is 585. The first kappa shape index (κ1) is 29.5. The summed E-state index contributed by atoms with van der Waals surface area (Å²) < 4.78 is 50.9. The normalized spacial score (nSPS) is 33.4. The Morgan fingerprint density at radius 1 is 0.600 bits per heavy atom. The van der Waals surface area contributed by atoms with Crippen molar-refractivity contribution in [2.75, 3.05) is 39.6 Å². The molecular formula is C27H51O7P. The lowest BCUT2D eigenvalue weighted by Crippen LogP contribution is -2.38. The predicted octanol–water partition coefficient (Wildman–Crippen LogP) is 6.93. The van der Waals surface area contributed by atoms with Crippen molar-refractivity contribution in [3.8, 4) is 0 Å². The third-order valence-electron chi connectivity index (χ3n) is 7.35. The molecule has 35 heavy (non-hydrogen) atoms. The lowest BCUT2D eigenvalue weighted by molar-refractivity contribution is -0.0844. The van der Waals surface area contributed by atoms with E-state index in [1.165, 1.54) is 0 Å². The van der Waals surface area contributed by atoms with Crippen LogP contribution in [0.5, 0.6) is 0 Å². The summed E-state index contributed by atoms with van der Waals surface area (Å²) in [4.78, 5) is 0. The summed E-state index contributed by atoms with van der Waals surface area (Å²) in [6.07, 6.45) is 8.20. The van der Waals surface area contributed by atoms with E-state index in [2.05, 4.69) is 41.5 Å². The van der Waals surface area contributed by atoms with E-state index < -0.39 is 24.6 Å². The summed E-state index contributed by atoms with van der Waals surface area (Å²) in [5, 5.41) is 0. The van der Waals surface area contributed by atoms with Gasteiger partial charge in [-0.15, -0.1) is 0 Å². The van der Waals surface area contributed by atoms with E-state index >= 15 is 0 Å². The molecule has 3 heterocycles. The van der Waals surface area contributed by atoms with Gasteiger partial charge in [0.25, 0.3) is 0 Å². The molecule has 3 aliphatic heterocycles. The zero-order chi connectivity index (χ0) is 25.6. The fourth-order valence-corrected chi connectivity index (χ4v) is 7.60. The number of hydrogen-bond acceptors (Lipinski definition) is 7. The van der Waals surface area contributed by atoms with Crippen molar-refractivity contribution < 1.29 is 32.3 Å². The molecule has 7 nitrogen and oxygen atoms in total. The van der Waals surface area contributed by atoms with Gasteiger partial charge in [0.1, 0.15) is 0 Å². The molecule has 0 aromatic rings. The van der Waals surface area contributed by atoms with Crippen LogP contribution >= 0.6 is 7.82 Å². The maximum absolute atomic E-state index is 14.1. The minimum Gasteiger partial charge on any atom is -0.373 e. The molecule has 0 spiro atoms. The zero-order valence-corrected chi connectivity index (χ0v) is 24.0. The van der Waals surface area contributed by atoms with Gasteiger partial charge in [-0.1, -0.05) is 41.5 Å². The van der Waals surface area contributed by atoms with Crippen molar-refractivity contribution >= 4 is 7.82 Å². The van der Waals surface area contributed by atoms with Gasteiger partial charge < -0.3 is 14.2 Å². The molecule has 8 heteroatoms. The maximum atomic E-state index is 14.1. The smallest absolute Gasteiger partial charge is 0.373 e. The maximum Gasteiger partial charge on any atom is 0.475 e. The molecule has 0 saturated carbocycles. The summed E-state index contributed by atoms with van der Waals surface area (Å²) >= 11 is 0. The molecule has 3 fully saturated rings. The Morgan fingerprint density at radius 3 is 1.09 bits per heavy atom. The minimum absolute atomic E-state index is 0.207. The van der Waals surface area contributed by atoms with Crippen molar-refractivity contribution in [1.82, 2.24) is 0 Å². The monoisotopic (exact) mass is 518 g/mol. The molecule has 3 unspecified atom stereocenters. The summed E-state index contributed by atoms with van der Waals surface area (Å²) in [5.41, 5.74) is -1.31. The first-order valence-corrected chi connectivity index (χ1v) is 15.4. The first-order chi connectivity index (χ1) is 16.5. The number of phosphoric acid groups is 1. The van der Waals surface area contributed by atoms with E-state index in [1.807, 2.05) is 0 Å². The Morgan fingerprint density at radius 2 is 0.886 bits per heavy atom. The number of ether oxygens (including phenoxy) is 3. The predicted molar refractivity (Wildman–Crippen MR) is 138 cm³/mol. The molecule has 0 N–H and O–H groups in total. The average molecular weight is 519 g/mol. The molecule has 0 aliphatic carbocycles. The highest BCUT2D eigenvalue weighted by molar-refractivity contribution is 7.48. The summed E-state index contributed by atoms with van der Waals surface area (Å²) in [6, 6.07) is 0. The third kappa shape index (κ3) is 8.77. The van der Waals surface area contributed by atoms with Gasteiger partial charge in [-0.2, -0.15) is 0 Å². The molecule has 3 atom stereocenters. The van der Waals surface area contributed by atoms with Gasteiger partial charge in [0.05, 0.1) is 36.6 Å². The summed E-state index contributed by atoms with van der Waals surface area (Å²) in [7, 11) is -3.87. The largest absolute Gasteiger partial charge is 0.475 e. The highest BCUT2D eigenvalue weighted by atomic mass is 31.2. The van der Waals surface area contributed by atoms with Crippen LogP contribution in [0.1, 0.15) is 99.3 Å². The SMILES string of the molecule is CC(C)CC1(COP(=O)(OCC2(CC(C)C)CCCO2)OCC2(CC(C)C)CCCO2)CCCO1. The molecule has 0 aromatic heterocycles. The van der Waals surface area contributed by atoms with Crippen molar-refractivity contribution in [2.45, 2.75) is 116 Å². The second-order valence-electron chi connectivity index (χ2n) is 12.5. The van der Waals surface area contributed by atoms with Gasteiger partial charge >= 0.3 is 7.82 Å². The van der Waals surface area contributed by atoms with Gasteiger partial charge in [-0.25, -0.2) is 4.57 Å². The van der Waals surface area contributed by atoms with Crippen LogP contribution in [-0.4, -0.2) is 56.4 Å². The molecule has 0 bridgehead atoms. The summed E-state index contributed by atoms with van der Waals surface area (Å²) in [6.45, 7) is 15.8. The highest BCUT2D eigenvalue weighted by Crippen LogP contribution is 2.54. The van der Waals surface area contributed by atoms with Crippen molar-refractivity contribution in [3.05, 3.63) is 0 Å². The Labute approximate surface area is 213 Å². The lowest BCUT2D eigenvalue weighted by Gasteiger charge is -2.35. The fourth-order valence-electron chi connectivity index (χ4n) is 6.20. The standard InChI is InChI=1S/C27H51O7P/c1-22(2)16-25(10-7-13-29-25)19-32-35(28,33-20-26(17-23(3)4)11-8-14-30-26)34-21-27(18-24(5)6)12-9-15-31-27/h22-24H,7-21H2,1-6H3. The quantitative estimate of drug-likeness (QED) is 0.218. The molecule has 0 aromatic carbocycles. The molecule has 3 saturated heterocycles. The first-order valence-electron chi connectivity index (χ1n) is 13.9. The second kappa shape index (κ2) is 12.7. The number of hydrogen-bond donors (Lipinski definition) is 0. The topological polar surface area (TPSA) is 72.5 Å². The van der Waals surface area contributed by atoms with Gasteiger partial charge in [0.2, 0.25) is 0 Å². The molecule has 0 amide bonds. The van der Waals surface area contributed by atoms with Crippen LogP contribution in [0.3, 0.4) is 0 Å². The van der Waals surface area contributed by atoms with Crippen LogP contribution < -0.4 is 0 Å². The Kier molecular flexibility index (Phi) is 10.7. The van der Waals surface area contributed by atoms with E-state index in [0.29, 0.717) is 37.6 Å². The van der Waals surface area contributed by atoms with Crippen LogP contribution in [0.25, 0.3) is 0 Å². The molecule has 0 radical (unpaired) electrons. The Balaban J connectivity index is 1.73. The van der Waals surface area contributed by atoms with Gasteiger partial charge in [-0.3, -0.25) is 13.6 Å². The third-order valence-corrected chi connectivity index (χ3v) is 8.69. The van der Waals surface area contributed by atoms with Crippen molar-refractivity contribution in [2.24, 2.45) is 17.8 Å². The van der Waals surface area contributed by atoms with Crippen LogP contribution in [0, 0.1) is 17.8 Å². The number of phosphoric ester groups is 1. The van der Waals surface area contributed by atoms with Crippen molar-refractivity contribution in [1.29, 1.82) is 0 Å². The lowest BCUT2D eigenvalue weighted by atomic mass is 9.90. The highest BCUT2D eigenvalue weighted by Gasteiger charge is 2.45. The van der Waals surface area contributed by atoms with E-state index in [4.69, 9.17) is 27.8 Å². The zero-order valence-electron chi connectivity index (χ0n) is 23.1. The molecule has 3 aliphatic rings. The molecule has 206 valence electrons. The van der Waals surface area contributed by atoms with Crippen LogP contribution in [0.2, 0.25) is 0 Å². The van der Waals surface area contributed by atoms with Crippen LogP contribution in [0.4, 0.5) is 0 Å². The van der Waals surface area contributed by atoms with E-state index in [0.717, 1.165) is 57.8 Å². The van der Waals surface area contributed by atoms with Crippen LogP contribution in [-0.2, 0) is 32.3 Å². The molecule has 3 rings (SSSR count). The average Bonchev–Trinajstić information content (AvgIpc) is 3.52. The Hall–Kier alpha value is -0.0100. The minimum atomic E-state index is -3.87. The van der Waals surface area contributed by atoms with Gasteiger partial charge in [0, 0.05) is 19.8 Å². The van der Waals surface area contributed by atoms with Gasteiger partial charge in [0.15, 0.2) is 0 Å². The van der Waals surface area contributed by atoms with E-state index in [9.17, 15) is 4.57 Å². The van der Waals surface area contributed by atoms with Crippen molar-refractivity contribution in [3.63, 3.8) is 0 Å². The fraction of sp³-hybridized carbons (Fsp3) is 1.00. The molecular weight excluding hydrogens is 467 g/mol.